The first-order chi connectivity index (χ1) is 10.1. The molecular weight excluding hydrogens is 312 g/mol. The Kier molecular flexibility index (Phi) is 3.86. The fraction of sp³-hybridized carbons (Fsp3) is 0.385. The molecule has 1 heterocycles. The maximum absolute atomic E-state index is 10.7. The molecule has 1 aromatic carbocycles. The van der Waals surface area contributed by atoms with E-state index in [2.05, 4.69) is 21.7 Å². The lowest BCUT2D eigenvalue weighted by Gasteiger charge is -2.07. The standard InChI is InChI=1S/C13H13ClN4O2S/c1-2-17-12(8-3-4-8)15-16-13(17)21-11-6-5-9(18(19)20)7-10(11)14/h5-8H,2-4H2,1H3. The van der Waals surface area contributed by atoms with Gasteiger partial charge in [-0.2, -0.15) is 0 Å². The van der Waals surface area contributed by atoms with Crippen LogP contribution in [0.4, 0.5) is 5.69 Å². The molecule has 3 rings (SSSR count). The predicted octanol–water partition coefficient (Wildman–Crippen LogP) is 3.89. The maximum atomic E-state index is 10.7. The van der Waals surface area contributed by atoms with Crippen molar-refractivity contribution in [2.24, 2.45) is 0 Å². The van der Waals surface area contributed by atoms with Crippen molar-refractivity contribution in [3.63, 3.8) is 0 Å². The molecule has 8 heteroatoms. The topological polar surface area (TPSA) is 73.8 Å². The average molecular weight is 325 g/mol. The Morgan fingerprint density at radius 3 is 2.81 bits per heavy atom. The number of nitrogens with zero attached hydrogens (tertiary/aromatic N) is 4. The highest BCUT2D eigenvalue weighted by Gasteiger charge is 2.30. The normalized spacial score (nSPS) is 14.4. The van der Waals surface area contributed by atoms with E-state index in [1.165, 1.54) is 36.7 Å². The van der Waals surface area contributed by atoms with Crippen molar-refractivity contribution < 1.29 is 4.92 Å². The molecule has 1 fully saturated rings. The van der Waals surface area contributed by atoms with E-state index in [1.54, 1.807) is 6.07 Å². The Hall–Kier alpha value is -1.60. The van der Waals surface area contributed by atoms with Crippen molar-refractivity contribution in [1.29, 1.82) is 0 Å². The van der Waals surface area contributed by atoms with Crippen LogP contribution in [0.25, 0.3) is 0 Å². The van der Waals surface area contributed by atoms with Gasteiger partial charge >= 0.3 is 0 Å². The predicted molar refractivity (Wildman–Crippen MR) is 79.9 cm³/mol. The van der Waals surface area contributed by atoms with Gasteiger partial charge in [0, 0.05) is 29.5 Å². The van der Waals surface area contributed by atoms with E-state index in [-0.39, 0.29) is 5.69 Å². The van der Waals surface area contributed by atoms with E-state index in [9.17, 15) is 10.1 Å². The molecule has 1 saturated carbocycles. The summed E-state index contributed by atoms with van der Waals surface area (Å²) in [7, 11) is 0. The monoisotopic (exact) mass is 324 g/mol. The molecule has 0 bridgehead atoms. The number of halogens is 1. The Labute approximate surface area is 130 Å². The maximum Gasteiger partial charge on any atom is 0.270 e. The van der Waals surface area contributed by atoms with Gasteiger partial charge in [0.15, 0.2) is 5.16 Å². The number of hydrogen-bond acceptors (Lipinski definition) is 5. The SMILES string of the molecule is CCn1c(Sc2ccc([N+](=O)[O-])cc2Cl)nnc1C1CC1. The number of rotatable bonds is 5. The molecule has 1 aliphatic carbocycles. The van der Waals surface area contributed by atoms with Crippen molar-refractivity contribution in [1.82, 2.24) is 14.8 Å². The molecule has 0 unspecified atom stereocenters. The highest BCUT2D eigenvalue weighted by molar-refractivity contribution is 7.99. The summed E-state index contributed by atoms with van der Waals surface area (Å²) in [6, 6.07) is 4.46. The molecule has 1 aliphatic rings. The first-order valence-corrected chi connectivity index (χ1v) is 7.84. The summed E-state index contributed by atoms with van der Waals surface area (Å²) in [6.45, 7) is 2.85. The molecular formula is C13H13ClN4O2S. The fourth-order valence-corrected chi connectivity index (χ4v) is 3.29. The van der Waals surface area contributed by atoms with Gasteiger partial charge in [-0.1, -0.05) is 11.6 Å². The quantitative estimate of drug-likeness (QED) is 0.616. The zero-order valence-corrected chi connectivity index (χ0v) is 12.9. The molecule has 1 aromatic heterocycles. The van der Waals surface area contributed by atoms with Crippen LogP contribution in [0.2, 0.25) is 5.02 Å². The first-order valence-electron chi connectivity index (χ1n) is 6.65. The number of nitro groups is 1. The van der Waals surface area contributed by atoms with E-state index in [0.717, 1.165) is 22.4 Å². The third-order valence-electron chi connectivity index (χ3n) is 3.33. The van der Waals surface area contributed by atoms with Crippen molar-refractivity contribution in [3.05, 3.63) is 39.2 Å². The Morgan fingerprint density at radius 2 is 2.24 bits per heavy atom. The van der Waals surface area contributed by atoms with Crippen molar-refractivity contribution >= 4 is 29.1 Å². The van der Waals surface area contributed by atoms with Gasteiger partial charge in [-0.05, 0) is 37.6 Å². The summed E-state index contributed by atoms with van der Waals surface area (Å²) in [6.07, 6.45) is 2.34. The molecule has 0 spiro atoms. The summed E-state index contributed by atoms with van der Waals surface area (Å²) in [5.74, 6) is 1.55. The molecule has 0 amide bonds. The summed E-state index contributed by atoms with van der Waals surface area (Å²) < 4.78 is 2.08. The number of hydrogen-bond donors (Lipinski definition) is 0. The van der Waals surface area contributed by atoms with Crippen molar-refractivity contribution in [3.8, 4) is 0 Å². The minimum absolute atomic E-state index is 0.0139. The Bertz CT molecular complexity index is 699. The molecule has 110 valence electrons. The van der Waals surface area contributed by atoms with Crippen LogP contribution >= 0.6 is 23.4 Å². The van der Waals surface area contributed by atoms with Crippen LogP contribution in [0, 0.1) is 10.1 Å². The Balaban J connectivity index is 1.88. The lowest BCUT2D eigenvalue weighted by molar-refractivity contribution is -0.384. The van der Waals surface area contributed by atoms with Crippen LogP contribution in [0.15, 0.2) is 28.3 Å². The fourth-order valence-electron chi connectivity index (χ4n) is 2.10. The number of aromatic nitrogens is 3. The minimum Gasteiger partial charge on any atom is -0.306 e. The molecule has 2 aromatic rings. The zero-order chi connectivity index (χ0) is 15.0. The van der Waals surface area contributed by atoms with Gasteiger partial charge in [-0.3, -0.25) is 10.1 Å². The largest absolute Gasteiger partial charge is 0.306 e. The second kappa shape index (κ2) is 5.65. The molecule has 0 aliphatic heterocycles. The van der Waals surface area contributed by atoms with E-state index < -0.39 is 4.92 Å². The van der Waals surface area contributed by atoms with Gasteiger partial charge < -0.3 is 4.57 Å². The summed E-state index contributed by atoms with van der Waals surface area (Å²) >= 11 is 7.50. The number of benzene rings is 1. The molecule has 0 radical (unpaired) electrons. The third kappa shape index (κ3) is 2.89. The van der Waals surface area contributed by atoms with Gasteiger partial charge in [-0.15, -0.1) is 10.2 Å². The second-order valence-corrected chi connectivity index (χ2v) is 6.25. The van der Waals surface area contributed by atoms with Crippen LogP contribution in [0.3, 0.4) is 0 Å². The summed E-state index contributed by atoms with van der Waals surface area (Å²) in [5.41, 5.74) is -0.0139. The number of non-ortho nitro benzene ring substituents is 1. The smallest absolute Gasteiger partial charge is 0.270 e. The van der Waals surface area contributed by atoms with Gasteiger partial charge in [0.25, 0.3) is 5.69 Å². The van der Waals surface area contributed by atoms with Crippen LogP contribution in [-0.4, -0.2) is 19.7 Å². The number of nitro benzene ring substituents is 1. The van der Waals surface area contributed by atoms with E-state index in [0.29, 0.717) is 10.9 Å². The minimum atomic E-state index is -0.458. The molecule has 21 heavy (non-hydrogen) atoms. The van der Waals surface area contributed by atoms with E-state index in [4.69, 9.17) is 11.6 Å². The van der Waals surface area contributed by atoms with Gasteiger partial charge in [0.1, 0.15) is 5.82 Å². The molecule has 0 N–H and O–H groups in total. The highest BCUT2D eigenvalue weighted by atomic mass is 35.5. The van der Waals surface area contributed by atoms with E-state index >= 15 is 0 Å². The van der Waals surface area contributed by atoms with Crippen molar-refractivity contribution in [2.45, 2.75) is 42.3 Å². The summed E-state index contributed by atoms with van der Waals surface area (Å²) in [5, 5.41) is 20.3. The van der Waals surface area contributed by atoms with Gasteiger partial charge in [-0.25, -0.2) is 0 Å². The summed E-state index contributed by atoms with van der Waals surface area (Å²) in [4.78, 5) is 11.0. The second-order valence-electron chi connectivity index (χ2n) is 4.83. The van der Waals surface area contributed by atoms with E-state index in [1.807, 2.05) is 0 Å². The van der Waals surface area contributed by atoms with Crippen LogP contribution < -0.4 is 0 Å². The van der Waals surface area contributed by atoms with Crippen LogP contribution in [0.5, 0.6) is 0 Å². The lowest BCUT2D eigenvalue weighted by atomic mass is 10.3. The molecule has 0 saturated heterocycles. The highest BCUT2D eigenvalue weighted by Crippen LogP contribution is 2.41. The van der Waals surface area contributed by atoms with Crippen LogP contribution in [0.1, 0.15) is 31.5 Å². The molecule has 6 nitrogen and oxygen atoms in total. The zero-order valence-electron chi connectivity index (χ0n) is 11.3. The molecule has 0 atom stereocenters. The Morgan fingerprint density at radius 1 is 1.48 bits per heavy atom. The van der Waals surface area contributed by atoms with Crippen molar-refractivity contribution in [2.75, 3.05) is 0 Å². The third-order valence-corrected chi connectivity index (χ3v) is 4.82. The average Bonchev–Trinajstić information content (AvgIpc) is 3.22. The first kappa shape index (κ1) is 14.3. The van der Waals surface area contributed by atoms with Gasteiger partial charge in [0.2, 0.25) is 0 Å². The van der Waals surface area contributed by atoms with Gasteiger partial charge in [0.05, 0.1) is 9.95 Å². The lowest BCUT2D eigenvalue weighted by Crippen LogP contribution is -2.01. The van der Waals surface area contributed by atoms with Crippen LogP contribution in [-0.2, 0) is 6.54 Å².